The van der Waals surface area contributed by atoms with Crippen LogP contribution in [0.1, 0.15) is 36.6 Å². The van der Waals surface area contributed by atoms with Crippen LogP contribution in [0.3, 0.4) is 0 Å². The molecule has 0 N–H and O–H groups in total. The maximum absolute atomic E-state index is 12.6. The van der Waals surface area contributed by atoms with Gasteiger partial charge in [-0.15, -0.1) is 0 Å². The Morgan fingerprint density at radius 2 is 1.60 bits per heavy atom. The Hall–Kier alpha value is -4.69. The summed E-state index contributed by atoms with van der Waals surface area (Å²) in [6.07, 6.45) is 6.33. The second kappa shape index (κ2) is 16.7. The number of amides is 2. The number of carbonyl (C=O) groups excluding carboxylic acids is 2. The van der Waals surface area contributed by atoms with Crippen LogP contribution in [-0.4, -0.2) is 111 Å². The molecule has 6 rings (SSSR count). The second-order valence-electron chi connectivity index (χ2n) is 12.2. The van der Waals surface area contributed by atoms with Gasteiger partial charge in [-0.05, 0) is 63.3 Å². The zero-order chi connectivity index (χ0) is 33.9. The number of ether oxygens (including phenoxy) is 1. The zero-order valence-corrected chi connectivity index (χ0v) is 28.7. The van der Waals surface area contributed by atoms with Crippen molar-refractivity contribution in [3.05, 3.63) is 65.4 Å². The molecule has 2 saturated heterocycles. The summed E-state index contributed by atoms with van der Waals surface area (Å²) in [7, 11) is 7.09. The van der Waals surface area contributed by atoms with Gasteiger partial charge in [-0.1, -0.05) is 30.3 Å². The maximum atomic E-state index is 12.6. The molecule has 250 valence electrons. The van der Waals surface area contributed by atoms with Crippen molar-refractivity contribution in [3.63, 3.8) is 0 Å². The number of carbonyl (C=O) groups is 2. The Labute approximate surface area is 279 Å². The number of fused-ring (bicyclic) bond motifs is 2. The van der Waals surface area contributed by atoms with Gasteiger partial charge < -0.3 is 29.2 Å². The maximum Gasteiger partial charge on any atom is 0.318 e. The number of methoxy groups -OCH3 is 1. The predicted molar refractivity (Wildman–Crippen MR) is 187 cm³/mol. The number of aromatic nitrogens is 2. The van der Waals surface area contributed by atoms with Crippen LogP contribution in [0, 0.1) is 18.3 Å². The summed E-state index contributed by atoms with van der Waals surface area (Å²) in [5.74, 6) is 0.540. The first kappa shape index (κ1) is 35.2. The van der Waals surface area contributed by atoms with E-state index in [0.717, 1.165) is 30.0 Å². The van der Waals surface area contributed by atoms with Gasteiger partial charge in [0.2, 0.25) is 11.8 Å². The summed E-state index contributed by atoms with van der Waals surface area (Å²) in [6.45, 7) is 10.2. The van der Waals surface area contributed by atoms with Crippen molar-refractivity contribution < 1.29 is 14.3 Å². The number of likely N-dealkylation sites (tertiary alicyclic amines) is 1. The number of likely N-dealkylation sites (N-methyl/N-ethyl adjacent to an activating group) is 1. The predicted octanol–water partition coefficient (Wildman–Crippen LogP) is 4.04. The van der Waals surface area contributed by atoms with Crippen LogP contribution in [0.25, 0.3) is 10.8 Å². The molecule has 0 aliphatic carbocycles. The van der Waals surface area contributed by atoms with Crippen LogP contribution >= 0.6 is 0 Å². The minimum Gasteiger partial charge on any atom is -0.467 e. The first-order valence-corrected chi connectivity index (χ1v) is 16.3. The Kier molecular flexibility index (Phi) is 12.5. The molecular formula is C36H48N8O3. The van der Waals surface area contributed by atoms with Crippen LogP contribution in [0.2, 0.25) is 0 Å². The zero-order valence-electron chi connectivity index (χ0n) is 28.7. The van der Waals surface area contributed by atoms with Crippen molar-refractivity contribution >= 4 is 34.1 Å². The van der Waals surface area contributed by atoms with Crippen molar-refractivity contribution in [1.29, 1.82) is 5.26 Å². The molecule has 2 aromatic carbocycles. The van der Waals surface area contributed by atoms with Crippen molar-refractivity contribution in [2.75, 3.05) is 83.9 Å². The highest BCUT2D eigenvalue weighted by Crippen LogP contribution is 2.35. The summed E-state index contributed by atoms with van der Waals surface area (Å²) in [5.41, 5.74) is 4.61. The largest absolute Gasteiger partial charge is 0.467 e. The lowest BCUT2D eigenvalue weighted by Crippen LogP contribution is -2.49. The highest BCUT2D eigenvalue weighted by atomic mass is 16.5. The van der Waals surface area contributed by atoms with Crippen LogP contribution in [-0.2, 0) is 22.6 Å². The highest BCUT2D eigenvalue weighted by molar-refractivity contribution is 5.97. The molecule has 0 radical (unpaired) electrons. The van der Waals surface area contributed by atoms with E-state index in [1.165, 1.54) is 71.9 Å². The molecule has 1 aromatic heterocycles. The number of nitrogens with zero attached hydrogens (tertiary/aromatic N) is 8. The lowest BCUT2D eigenvalue weighted by atomic mass is 9.99. The van der Waals surface area contributed by atoms with E-state index in [1.807, 2.05) is 0 Å². The van der Waals surface area contributed by atoms with E-state index in [-0.39, 0.29) is 11.8 Å². The average Bonchev–Trinajstić information content (AvgIpc) is 3.57. The molecule has 2 fully saturated rings. The number of hydrogen-bond acceptors (Lipinski definition) is 9. The van der Waals surface area contributed by atoms with Crippen molar-refractivity contribution in [2.24, 2.45) is 0 Å². The standard InChI is InChI=1S/C29H34N6O3.C5H11N.C2H3N/c1-20-7-5-8-21-9-6-10-24(27(20)21)35-14-13-22-23(19-35)30-29(38-4)31-28(22)34-17-15-33(16-18-34)26(37)12-11-25(36)32(2)3;1-6-4-2-3-5-6;1-2-3/h5-12H,13-19H2,1-4H3;2-5H2,1H3;1H3/b12-11+;;. The first-order valence-electron chi connectivity index (χ1n) is 16.3. The highest BCUT2D eigenvalue weighted by Gasteiger charge is 2.29. The van der Waals surface area contributed by atoms with Gasteiger partial charge in [0, 0.05) is 82.5 Å². The number of piperazine rings is 1. The Morgan fingerprint density at radius 3 is 2.19 bits per heavy atom. The van der Waals surface area contributed by atoms with E-state index < -0.39 is 0 Å². The summed E-state index contributed by atoms with van der Waals surface area (Å²) >= 11 is 0. The molecule has 11 heteroatoms. The average molecular weight is 641 g/mol. The quantitative estimate of drug-likeness (QED) is 0.382. The van der Waals surface area contributed by atoms with Gasteiger partial charge in [0.1, 0.15) is 5.82 Å². The lowest BCUT2D eigenvalue weighted by Gasteiger charge is -2.38. The van der Waals surface area contributed by atoms with Crippen LogP contribution in [0.4, 0.5) is 11.5 Å². The molecule has 3 aromatic rings. The van der Waals surface area contributed by atoms with Gasteiger partial charge in [-0.3, -0.25) is 9.59 Å². The van der Waals surface area contributed by atoms with E-state index >= 15 is 0 Å². The molecule has 0 saturated carbocycles. The van der Waals surface area contributed by atoms with Gasteiger partial charge in [-0.25, -0.2) is 0 Å². The fourth-order valence-electron chi connectivity index (χ4n) is 6.13. The van der Waals surface area contributed by atoms with E-state index in [1.54, 1.807) is 32.2 Å². The van der Waals surface area contributed by atoms with Gasteiger partial charge in [0.15, 0.2) is 0 Å². The Bertz CT molecular complexity index is 1600. The number of aryl methyl sites for hydroxylation is 1. The number of benzene rings is 2. The van der Waals surface area contributed by atoms with E-state index in [9.17, 15) is 9.59 Å². The molecule has 3 aliphatic heterocycles. The van der Waals surface area contributed by atoms with E-state index in [2.05, 4.69) is 65.1 Å². The van der Waals surface area contributed by atoms with E-state index in [0.29, 0.717) is 38.7 Å². The summed E-state index contributed by atoms with van der Waals surface area (Å²) in [4.78, 5) is 44.1. The number of anilines is 2. The molecular weight excluding hydrogens is 592 g/mol. The molecule has 2 amide bonds. The lowest BCUT2D eigenvalue weighted by molar-refractivity contribution is -0.127. The molecule has 0 atom stereocenters. The van der Waals surface area contributed by atoms with Crippen molar-refractivity contribution in [1.82, 2.24) is 24.7 Å². The molecule has 47 heavy (non-hydrogen) atoms. The fourth-order valence-corrected chi connectivity index (χ4v) is 6.13. The van der Waals surface area contributed by atoms with Crippen LogP contribution < -0.4 is 14.5 Å². The number of nitriles is 1. The van der Waals surface area contributed by atoms with Gasteiger partial charge in [0.25, 0.3) is 0 Å². The van der Waals surface area contributed by atoms with E-state index in [4.69, 9.17) is 20.0 Å². The molecule has 3 aliphatic rings. The SMILES string of the molecule is CC#N.CN1CCCC1.COc1nc2c(c(N3CCN(C(=O)/C=C/C(=O)N(C)C)CC3)n1)CCN(c1cccc3cccc(C)c13)C2. The number of rotatable bonds is 5. The van der Waals surface area contributed by atoms with Crippen LogP contribution in [0.15, 0.2) is 48.6 Å². The van der Waals surface area contributed by atoms with Crippen molar-refractivity contribution in [3.8, 4) is 12.1 Å². The monoisotopic (exact) mass is 640 g/mol. The summed E-state index contributed by atoms with van der Waals surface area (Å²) in [5, 5.41) is 9.84. The van der Waals surface area contributed by atoms with Crippen molar-refractivity contribution in [2.45, 2.75) is 39.7 Å². The molecule has 11 nitrogen and oxygen atoms in total. The summed E-state index contributed by atoms with van der Waals surface area (Å²) in [6, 6.07) is 15.0. The molecule has 0 bridgehead atoms. The minimum absolute atomic E-state index is 0.150. The third-order valence-electron chi connectivity index (χ3n) is 8.67. The Balaban J connectivity index is 0.000000486. The molecule has 0 unspecified atom stereocenters. The normalized spacial score (nSPS) is 16.1. The Morgan fingerprint density at radius 1 is 0.936 bits per heavy atom. The third kappa shape index (κ3) is 8.98. The third-order valence-corrected chi connectivity index (χ3v) is 8.67. The molecule has 0 spiro atoms. The first-order chi connectivity index (χ1) is 22.7. The van der Waals surface area contributed by atoms with Gasteiger partial charge >= 0.3 is 6.01 Å². The minimum atomic E-state index is -0.204. The van der Waals surface area contributed by atoms with Gasteiger partial charge in [-0.2, -0.15) is 15.2 Å². The second-order valence-corrected chi connectivity index (χ2v) is 12.2. The fraction of sp³-hybridized carbons (Fsp3) is 0.472. The van der Waals surface area contributed by atoms with Crippen LogP contribution in [0.5, 0.6) is 6.01 Å². The topological polar surface area (TPSA) is 109 Å². The summed E-state index contributed by atoms with van der Waals surface area (Å²) < 4.78 is 5.50. The molecule has 4 heterocycles. The van der Waals surface area contributed by atoms with Gasteiger partial charge in [0.05, 0.1) is 25.4 Å². The smallest absolute Gasteiger partial charge is 0.318 e. The number of hydrogen-bond donors (Lipinski definition) is 0.